The van der Waals surface area contributed by atoms with Crippen molar-refractivity contribution in [2.45, 2.75) is 32.2 Å². The minimum Gasteiger partial charge on any atom is -0.455 e. The fourth-order valence-corrected chi connectivity index (χ4v) is 2.95. The number of rotatable bonds is 6. The number of hydrogen-bond donors (Lipinski definition) is 1. The molecule has 0 fully saturated rings. The van der Waals surface area contributed by atoms with Crippen molar-refractivity contribution in [1.82, 2.24) is 5.32 Å². The van der Waals surface area contributed by atoms with E-state index in [0.717, 1.165) is 24.0 Å². The minimum atomic E-state index is -0.372. The predicted octanol–water partition coefficient (Wildman–Crippen LogP) is 2.58. The molecule has 2 aromatic rings. The van der Waals surface area contributed by atoms with Crippen LogP contribution in [0.1, 0.15) is 28.7 Å². The highest BCUT2D eigenvalue weighted by Crippen LogP contribution is 2.23. The lowest BCUT2D eigenvalue weighted by Crippen LogP contribution is -2.28. The third-order valence-electron chi connectivity index (χ3n) is 4.21. The Morgan fingerprint density at radius 3 is 2.58 bits per heavy atom. The summed E-state index contributed by atoms with van der Waals surface area (Å²) in [7, 11) is 0. The highest BCUT2D eigenvalue weighted by Gasteiger charge is 2.13. The van der Waals surface area contributed by atoms with Crippen molar-refractivity contribution < 1.29 is 14.3 Å². The number of nitrogens with one attached hydrogen (secondary N) is 1. The summed E-state index contributed by atoms with van der Waals surface area (Å²) in [5, 5.41) is 2.74. The summed E-state index contributed by atoms with van der Waals surface area (Å²) < 4.78 is 5.06. The molecule has 1 amide bonds. The second-order valence-electron chi connectivity index (χ2n) is 6.06. The Labute approximate surface area is 141 Å². The second kappa shape index (κ2) is 7.77. The van der Waals surface area contributed by atoms with Crippen molar-refractivity contribution >= 4 is 11.9 Å². The molecule has 0 radical (unpaired) electrons. The van der Waals surface area contributed by atoms with Crippen LogP contribution in [0.4, 0.5) is 0 Å². The summed E-state index contributed by atoms with van der Waals surface area (Å²) in [6, 6.07) is 15.8. The Kier molecular flexibility index (Phi) is 5.26. The number of aryl methyl sites for hydroxylation is 2. The van der Waals surface area contributed by atoms with Crippen LogP contribution >= 0.6 is 0 Å². The molecule has 0 atom stereocenters. The molecular weight excluding hydrogens is 302 g/mol. The molecule has 0 heterocycles. The monoisotopic (exact) mass is 323 g/mol. The van der Waals surface area contributed by atoms with Gasteiger partial charge < -0.3 is 10.1 Å². The molecule has 0 bridgehead atoms. The molecule has 4 nitrogen and oxygen atoms in total. The van der Waals surface area contributed by atoms with Crippen LogP contribution in [0.25, 0.3) is 0 Å². The van der Waals surface area contributed by atoms with E-state index in [2.05, 4.69) is 17.4 Å². The van der Waals surface area contributed by atoms with E-state index in [4.69, 9.17) is 4.74 Å². The maximum absolute atomic E-state index is 11.9. The molecule has 24 heavy (non-hydrogen) atoms. The van der Waals surface area contributed by atoms with Gasteiger partial charge in [0.15, 0.2) is 6.61 Å². The fourth-order valence-electron chi connectivity index (χ4n) is 2.95. The fraction of sp³-hybridized carbons (Fsp3) is 0.300. The molecule has 0 saturated heterocycles. The third-order valence-corrected chi connectivity index (χ3v) is 4.21. The number of carbonyl (C=O) groups excluding carboxylic acids is 2. The van der Waals surface area contributed by atoms with E-state index in [-0.39, 0.29) is 24.9 Å². The van der Waals surface area contributed by atoms with Crippen LogP contribution in [-0.2, 0) is 40.1 Å². The molecule has 0 aliphatic heterocycles. The Bertz CT molecular complexity index is 725. The van der Waals surface area contributed by atoms with E-state index in [1.165, 1.54) is 17.5 Å². The van der Waals surface area contributed by atoms with Crippen molar-refractivity contribution in [2.75, 3.05) is 6.61 Å². The van der Waals surface area contributed by atoms with Crippen molar-refractivity contribution in [3.63, 3.8) is 0 Å². The zero-order valence-electron chi connectivity index (χ0n) is 13.6. The number of esters is 1. The molecule has 0 saturated carbocycles. The maximum atomic E-state index is 11.9. The van der Waals surface area contributed by atoms with Crippen molar-refractivity contribution in [3.05, 3.63) is 70.8 Å². The summed E-state index contributed by atoms with van der Waals surface area (Å²) in [5.41, 5.74) is 4.67. The molecule has 4 heteroatoms. The summed E-state index contributed by atoms with van der Waals surface area (Å²) in [6.07, 6.45) is 3.60. The van der Waals surface area contributed by atoms with Gasteiger partial charge in [0.2, 0.25) is 0 Å². The van der Waals surface area contributed by atoms with Crippen LogP contribution in [0.5, 0.6) is 0 Å². The molecule has 0 unspecified atom stereocenters. The normalized spacial score (nSPS) is 12.5. The summed E-state index contributed by atoms with van der Waals surface area (Å²) >= 11 is 0. The van der Waals surface area contributed by atoms with Crippen LogP contribution < -0.4 is 5.32 Å². The quantitative estimate of drug-likeness (QED) is 0.831. The van der Waals surface area contributed by atoms with E-state index in [1.54, 1.807) is 0 Å². The maximum Gasteiger partial charge on any atom is 0.310 e. The first-order valence-electron chi connectivity index (χ1n) is 8.27. The molecule has 0 aromatic heterocycles. The first kappa shape index (κ1) is 16.2. The van der Waals surface area contributed by atoms with Gasteiger partial charge in [0.25, 0.3) is 5.91 Å². The lowest BCUT2D eigenvalue weighted by molar-refractivity contribution is -0.147. The molecule has 0 spiro atoms. The average molecular weight is 323 g/mol. The van der Waals surface area contributed by atoms with Gasteiger partial charge in [0.05, 0.1) is 6.42 Å². The van der Waals surface area contributed by atoms with Crippen LogP contribution in [0.15, 0.2) is 48.5 Å². The van der Waals surface area contributed by atoms with Crippen molar-refractivity contribution in [1.29, 1.82) is 0 Å². The lowest BCUT2D eigenvalue weighted by atomic mass is 10.0. The van der Waals surface area contributed by atoms with E-state index < -0.39 is 0 Å². The average Bonchev–Trinajstić information content (AvgIpc) is 3.07. The van der Waals surface area contributed by atoms with Crippen molar-refractivity contribution in [3.8, 4) is 0 Å². The van der Waals surface area contributed by atoms with Gasteiger partial charge in [-0.3, -0.25) is 9.59 Å². The van der Waals surface area contributed by atoms with Crippen LogP contribution in [-0.4, -0.2) is 18.5 Å². The first-order valence-corrected chi connectivity index (χ1v) is 8.27. The topological polar surface area (TPSA) is 55.4 Å². The van der Waals surface area contributed by atoms with Gasteiger partial charge in [-0.2, -0.15) is 0 Å². The standard InChI is InChI=1S/C20H21NO3/c22-19(21-13-15-5-2-1-3-6-15)14-24-20(23)12-16-9-10-17-7-4-8-18(17)11-16/h1-3,5-6,9-11H,4,7-8,12-14H2,(H,21,22). The molecule has 1 aliphatic rings. The Hall–Kier alpha value is -2.62. The Balaban J connectivity index is 1.41. The smallest absolute Gasteiger partial charge is 0.310 e. The van der Waals surface area contributed by atoms with E-state index >= 15 is 0 Å². The van der Waals surface area contributed by atoms with E-state index in [1.807, 2.05) is 36.4 Å². The number of hydrogen-bond acceptors (Lipinski definition) is 3. The van der Waals surface area contributed by atoms with Crippen LogP contribution in [0.2, 0.25) is 0 Å². The zero-order chi connectivity index (χ0) is 16.8. The summed E-state index contributed by atoms with van der Waals surface area (Å²) in [5.74, 6) is -0.663. The zero-order valence-corrected chi connectivity index (χ0v) is 13.6. The van der Waals surface area contributed by atoms with E-state index in [9.17, 15) is 9.59 Å². The molecule has 3 rings (SSSR count). The minimum absolute atomic E-state index is 0.208. The van der Waals surface area contributed by atoms with Gasteiger partial charge >= 0.3 is 5.97 Å². The molecule has 2 aromatic carbocycles. The van der Waals surface area contributed by atoms with Crippen LogP contribution in [0.3, 0.4) is 0 Å². The third kappa shape index (κ3) is 4.44. The first-order chi connectivity index (χ1) is 11.7. The number of amides is 1. The van der Waals surface area contributed by atoms with Gasteiger partial charge in [-0.15, -0.1) is 0 Å². The van der Waals surface area contributed by atoms with Gasteiger partial charge in [0, 0.05) is 6.54 Å². The van der Waals surface area contributed by atoms with Gasteiger partial charge in [0.1, 0.15) is 0 Å². The Morgan fingerprint density at radius 2 is 1.75 bits per heavy atom. The number of ether oxygens (including phenoxy) is 1. The lowest BCUT2D eigenvalue weighted by Gasteiger charge is -2.08. The highest BCUT2D eigenvalue weighted by atomic mass is 16.5. The number of fused-ring (bicyclic) bond motifs is 1. The highest BCUT2D eigenvalue weighted by molar-refractivity contribution is 5.81. The molecule has 124 valence electrons. The van der Waals surface area contributed by atoms with Gasteiger partial charge in [-0.25, -0.2) is 0 Å². The van der Waals surface area contributed by atoms with E-state index in [0.29, 0.717) is 6.54 Å². The number of benzene rings is 2. The molecule has 1 N–H and O–H groups in total. The van der Waals surface area contributed by atoms with Crippen molar-refractivity contribution in [2.24, 2.45) is 0 Å². The summed E-state index contributed by atoms with van der Waals surface area (Å²) in [6.45, 7) is 0.193. The predicted molar refractivity (Wildman–Crippen MR) is 91.4 cm³/mol. The summed E-state index contributed by atoms with van der Waals surface area (Å²) in [4.78, 5) is 23.6. The largest absolute Gasteiger partial charge is 0.455 e. The molecular formula is C20H21NO3. The molecule has 1 aliphatic carbocycles. The van der Waals surface area contributed by atoms with Crippen LogP contribution in [0, 0.1) is 0 Å². The second-order valence-corrected chi connectivity index (χ2v) is 6.06. The SMILES string of the molecule is O=C(COC(=O)Cc1ccc2c(c1)CCC2)NCc1ccccc1. The number of carbonyl (C=O) groups is 2. The van der Waals surface area contributed by atoms with Gasteiger partial charge in [-0.1, -0.05) is 48.5 Å². The Morgan fingerprint density at radius 1 is 0.958 bits per heavy atom. The van der Waals surface area contributed by atoms with Gasteiger partial charge in [-0.05, 0) is 41.5 Å².